The zero-order chi connectivity index (χ0) is 17.3. The molecule has 1 amide bonds. The predicted molar refractivity (Wildman–Crippen MR) is 99.4 cm³/mol. The quantitative estimate of drug-likeness (QED) is 0.761. The summed E-state index contributed by atoms with van der Waals surface area (Å²) >= 11 is 0. The van der Waals surface area contributed by atoms with Gasteiger partial charge in [0.25, 0.3) is 5.91 Å². The molecule has 0 heterocycles. The summed E-state index contributed by atoms with van der Waals surface area (Å²) in [6.07, 6.45) is 9.82. The molecular weight excluding hydrogens is 310 g/mol. The van der Waals surface area contributed by atoms with Gasteiger partial charge in [-0.1, -0.05) is 31.0 Å². The summed E-state index contributed by atoms with van der Waals surface area (Å²) in [6, 6.07) is 9.66. The molecule has 0 N–H and O–H groups in total. The molecule has 25 heavy (non-hydrogen) atoms. The summed E-state index contributed by atoms with van der Waals surface area (Å²) in [5.41, 5.74) is 0.394. The first-order chi connectivity index (χ1) is 12.2. The molecule has 4 bridgehead atoms. The van der Waals surface area contributed by atoms with Crippen LogP contribution in [0.25, 0.3) is 0 Å². The highest BCUT2D eigenvalue weighted by Gasteiger charge is 2.49. The Hall–Kier alpha value is -1.51. The summed E-state index contributed by atoms with van der Waals surface area (Å²) < 4.78 is 5.70. The number of hydrogen-bond acceptors (Lipinski definition) is 2. The van der Waals surface area contributed by atoms with Gasteiger partial charge in [-0.15, -0.1) is 0 Å². The highest BCUT2D eigenvalue weighted by molar-refractivity contribution is 5.77. The standard InChI is InChI=1S/C22H31NO2/c1-2-23(21(24)15-25-20-6-4-3-5-7-20)16-22-12-17-8-9-18(13-22)11-19(10-17)14-22/h3-7,17-19H,2,8-16H2,1H3/t17-,18-,19?,22?/m0/s1. The van der Waals surface area contributed by atoms with Crippen LogP contribution >= 0.6 is 0 Å². The van der Waals surface area contributed by atoms with Crippen molar-refractivity contribution < 1.29 is 9.53 Å². The van der Waals surface area contributed by atoms with Gasteiger partial charge in [-0.2, -0.15) is 0 Å². The van der Waals surface area contributed by atoms with Crippen LogP contribution in [0.3, 0.4) is 0 Å². The van der Waals surface area contributed by atoms with Crippen LogP contribution in [0.2, 0.25) is 0 Å². The monoisotopic (exact) mass is 341 g/mol. The molecular formula is C22H31NO2. The molecule has 136 valence electrons. The zero-order valence-corrected chi connectivity index (χ0v) is 15.5. The van der Waals surface area contributed by atoms with E-state index in [9.17, 15) is 4.79 Å². The number of likely N-dealkylation sites (N-methyl/N-ethyl adjacent to an activating group) is 1. The maximum atomic E-state index is 12.8. The minimum Gasteiger partial charge on any atom is -0.484 e. The van der Waals surface area contributed by atoms with Crippen LogP contribution in [0.5, 0.6) is 5.75 Å². The Labute approximate surface area is 151 Å². The minimum atomic E-state index is 0.140. The lowest BCUT2D eigenvalue weighted by molar-refractivity contribution is -0.136. The summed E-state index contributed by atoms with van der Waals surface area (Å²) in [4.78, 5) is 14.8. The van der Waals surface area contributed by atoms with Gasteiger partial charge in [0.1, 0.15) is 5.75 Å². The van der Waals surface area contributed by atoms with Crippen LogP contribution in [0.15, 0.2) is 30.3 Å². The van der Waals surface area contributed by atoms with Crippen LogP contribution in [0, 0.1) is 23.2 Å². The molecule has 0 spiro atoms. The second kappa shape index (κ2) is 7.01. The lowest BCUT2D eigenvalue weighted by Gasteiger charge is -2.50. The number of fused-ring (bicyclic) bond motifs is 1. The number of amides is 1. The van der Waals surface area contributed by atoms with E-state index in [4.69, 9.17) is 4.74 Å². The van der Waals surface area contributed by atoms with Gasteiger partial charge in [-0.3, -0.25) is 4.79 Å². The van der Waals surface area contributed by atoms with E-state index in [1.807, 2.05) is 30.3 Å². The van der Waals surface area contributed by atoms with Crippen molar-refractivity contribution in [1.82, 2.24) is 4.90 Å². The minimum absolute atomic E-state index is 0.140. The topological polar surface area (TPSA) is 29.5 Å². The van der Waals surface area contributed by atoms with Gasteiger partial charge in [0.15, 0.2) is 6.61 Å². The summed E-state index contributed by atoms with van der Waals surface area (Å²) in [5, 5.41) is 0. The number of para-hydroxylation sites is 1. The molecule has 3 heteroatoms. The van der Waals surface area contributed by atoms with Crippen molar-refractivity contribution in [3.63, 3.8) is 0 Å². The molecule has 1 aromatic carbocycles. The molecule has 3 nitrogen and oxygen atoms in total. The second-order valence-corrected chi connectivity index (χ2v) is 8.77. The van der Waals surface area contributed by atoms with Crippen LogP contribution < -0.4 is 4.74 Å². The van der Waals surface area contributed by atoms with E-state index in [0.717, 1.165) is 36.6 Å². The molecule has 4 saturated carbocycles. The third kappa shape index (κ3) is 3.70. The number of hydrogen-bond donors (Lipinski definition) is 0. The largest absolute Gasteiger partial charge is 0.484 e. The Kier molecular flexibility index (Phi) is 4.75. The second-order valence-electron chi connectivity index (χ2n) is 8.77. The van der Waals surface area contributed by atoms with Crippen LogP contribution in [0.1, 0.15) is 51.9 Å². The van der Waals surface area contributed by atoms with Gasteiger partial charge in [0, 0.05) is 13.1 Å². The van der Waals surface area contributed by atoms with Crippen LogP contribution in [0.4, 0.5) is 0 Å². The van der Waals surface area contributed by atoms with Gasteiger partial charge < -0.3 is 9.64 Å². The number of nitrogens with zero attached hydrogens (tertiary/aromatic N) is 1. The Bertz CT molecular complexity index is 583. The Morgan fingerprint density at radius 3 is 2.36 bits per heavy atom. The molecule has 5 rings (SSSR count). The van der Waals surface area contributed by atoms with Gasteiger partial charge in [-0.05, 0) is 74.3 Å². The van der Waals surface area contributed by atoms with E-state index in [0.29, 0.717) is 5.41 Å². The van der Waals surface area contributed by atoms with Crippen molar-refractivity contribution in [3.8, 4) is 5.75 Å². The molecule has 4 aliphatic rings. The predicted octanol–water partition coefficient (Wildman–Crippen LogP) is 4.52. The Morgan fingerprint density at radius 1 is 1.08 bits per heavy atom. The molecule has 4 fully saturated rings. The number of carbonyl (C=O) groups is 1. The van der Waals surface area contributed by atoms with E-state index in [1.54, 1.807) is 0 Å². The number of ether oxygens (including phenoxy) is 1. The van der Waals surface area contributed by atoms with Crippen LogP contribution in [-0.2, 0) is 4.79 Å². The van der Waals surface area contributed by atoms with Gasteiger partial charge in [0.2, 0.25) is 0 Å². The van der Waals surface area contributed by atoms with E-state index < -0.39 is 0 Å². The molecule has 0 radical (unpaired) electrons. The van der Waals surface area contributed by atoms with Crippen molar-refractivity contribution in [2.24, 2.45) is 23.2 Å². The molecule has 2 atom stereocenters. The van der Waals surface area contributed by atoms with Crippen molar-refractivity contribution in [1.29, 1.82) is 0 Å². The van der Waals surface area contributed by atoms with Gasteiger partial charge in [-0.25, -0.2) is 0 Å². The summed E-state index contributed by atoms with van der Waals surface area (Å²) in [6.45, 7) is 4.00. The van der Waals surface area contributed by atoms with Crippen molar-refractivity contribution in [3.05, 3.63) is 30.3 Å². The molecule has 1 aromatic rings. The van der Waals surface area contributed by atoms with E-state index >= 15 is 0 Å². The maximum Gasteiger partial charge on any atom is 0.260 e. The molecule has 0 aromatic heterocycles. The third-order valence-corrected chi connectivity index (χ3v) is 6.85. The van der Waals surface area contributed by atoms with Crippen molar-refractivity contribution >= 4 is 5.91 Å². The smallest absolute Gasteiger partial charge is 0.260 e. The third-order valence-electron chi connectivity index (χ3n) is 6.85. The normalized spacial score (nSPS) is 33.1. The first-order valence-corrected chi connectivity index (χ1v) is 10.1. The SMILES string of the molecule is CCN(CC12CC3C[C@H](CC[C@@H](C3)C1)C2)C(=O)COc1ccccc1. The Balaban J connectivity index is 1.40. The highest BCUT2D eigenvalue weighted by atomic mass is 16.5. The molecule has 4 aliphatic carbocycles. The van der Waals surface area contributed by atoms with Crippen molar-refractivity contribution in [2.75, 3.05) is 19.7 Å². The highest BCUT2D eigenvalue weighted by Crippen LogP contribution is 2.57. The molecule has 0 unspecified atom stereocenters. The zero-order valence-electron chi connectivity index (χ0n) is 15.5. The van der Waals surface area contributed by atoms with Crippen molar-refractivity contribution in [2.45, 2.75) is 51.9 Å². The number of benzene rings is 1. The fourth-order valence-electron chi connectivity index (χ4n) is 6.10. The average Bonchev–Trinajstić information content (AvgIpc) is 2.84. The van der Waals surface area contributed by atoms with Crippen LogP contribution in [-0.4, -0.2) is 30.5 Å². The maximum absolute atomic E-state index is 12.8. The summed E-state index contributed by atoms with van der Waals surface area (Å²) in [7, 11) is 0. The fraction of sp³-hybridized carbons (Fsp3) is 0.682. The molecule has 0 aliphatic heterocycles. The first-order valence-electron chi connectivity index (χ1n) is 10.1. The molecule has 0 saturated heterocycles. The fourth-order valence-corrected chi connectivity index (χ4v) is 6.10. The van der Waals surface area contributed by atoms with Gasteiger partial charge in [0.05, 0.1) is 0 Å². The van der Waals surface area contributed by atoms with E-state index in [2.05, 4.69) is 11.8 Å². The Morgan fingerprint density at radius 2 is 1.72 bits per heavy atom. The lowest BCUT2D eigenvalue weighted by atomic mass is 9.58. The number of carbonyl (C=O) groups excluding carboxylic acids is 1. The van der Waals surface area contributed by atoms with Gasteiger partial charge >= 0.3 is 0 Å². The summed E-state index contributed by atoms with van der Waals surface area (Å²) in [5.74, 6) is 3.68. The van der Waals surface area contributed by atoms with E-state index in [-0.39, 0.29) is 12.5 Å². The van der Waals surface area contributed by atoms with E-state index in [1.165, 1.54) is 44.9 Å². The lowest BCUT2D eigenvalue weighted by Crippen LogP contribution is -2.48. The number of rotatable bonds is 6. The first kappa shape index (κ1) is 16.9. The average molecular weight is 341 g/mol.